The molecule has 2 nitrogen and oxygen atoms in total. The zero-order valence-electron chi connectivity index (χ0n) is 11.8. The molecule has 1 heterocycles. The Morgan fingerprint density at radius 2 is 2.21 bits per heavy atom. The average molecular weight is 297 g/mol. The Balaban J connectivity index is 2.35. The summed E-state index contributed by atoms with van der Waals surface area (Å²) in [5.74, 6) is 3.82. The fourth-order valence-electron chi connectivity index (χ4n) is 2.37. The Bertz CT molecular complexity index is 550. The van der Waals surface area contributed by atoms with Crippen LogP contribution in [0.1, 0.15) is 37.7 Å². The maximum absolute atomic E-state index is 6.06. The average Bonchev–Trinajstić information content (AvgIpc) is 2.76. The number of hydrogen-bond donors (Lipinski definition) is 0. The van der Waals surface area contributed by atoms with Crippen molar-refractivity contribution < 1.29 is 0 Å². The predicted molar refractivity (Wildman–Crippen MR) is 86.4 cm³/mol. The van der Waals surface area contributed by atoms with Crippen LogP contribution in [0, 0.1) is 6.92 Å². The number of benzene rings is 1. The first-order valence-electron chi connectivity index (χ1n) is 6.78. The van der Waals surface area contributed by atoms with Crippen LogP contribution >= 0.6 is 23.4 Å². The highest BCUT2D eigenvalue weighted by Crippen LogP contribution is 2.26. The van der Waals surface area contributed by atoms with Crippen LogP contribution in [0.15, 0.2) is 18.2 Å². The van der Waals surface area contributed by atoms with Crippen LogP contribution in [0.25, 0.3) is 11.0 Å². The fraction of sp³-hybridized carbons (Fsp3) is 0.533. The number of imidazole rings is 1. The highest BCUT2D eigenvalue weighted by Gasteiger charge is 2.15. The van der Waals surface area contributed by atoms with Crippen LogP contribution < -0.4 is 0 Å². The summed E-state index contributed by atoms with van der Waals surface area (Å²) in [5, 5.41) is 0. The second-order valence-electron chi connectivity index (χ2n) is 4.86. The molecule has 1 atom stereocenters. The summed E-state index contributed by atoms with van der Waals surface area (Å²) in [6.07, 6.45) is 1.15. The van der Waals surface area contributed by atoms with Gasteiger partial charge >= 0.3 is 0 Å². The molecule has 0 radical (unpaired) electrons. The smallest absolute Gasteiger partial charge is 0.125 e. The van der Waals surface area contributed by atoms with E-state index in [1.54, 1.807) is 0 Å². The van der Waals surface area contributed by atoms with Crippen molar-refractivity contribution in [1.29, 1.82) is 0 Å². The number of rotatable bonds is 6. The van der Waals surface area contributed by atoms with Gasteiger partial charge in [-0.15, -0.1) is 11.6 Å². The first-order valence-corrected chi connectivity index (χ1v) is 8.47. The molecule has 0 N–H and O–H groups in total. The molecule has 0 fully saturated rings. The van der Waals surface area contributed by atoms with Gasteiger partial charge in [0, 0.05) is 6.04 Å². The normalized spacial score (nSPS) is 13.1. The first-order chi connectivity index (χ1) is 9.17. The van der Waals surface area contributed by atoms with Gasteiger partial charge in [0.2, 0.25) is 0 Å². The molecule has 1 aromatic heterocycles. The van der Waals surface area contributed by atoms with E-state index in [1.807, 2.05) is 11.8 Å². The number of aryl methyl sites for hydroxylation is 1. The minimum Gasteiger partial charge on any atom is -0.324 e. The second kappa shape index (κ2) is 6.67. The number of hydrogen-bond acceptors (Lipinski definition) is 2. The van der Waals surface area contributed by atoms with Gasteiger partial charge in [-0.3, -0.25) is 0 Å². The van der Waals surface area contributed by atoms with Gasteiger partial charge in [-0.1, -0.05) is 13.0 Å². The number of thioether (sulfide) groups is 1. The van der Waals surface area contributed by atoms with Crippen molar-refractivity contribution in [3.8, 4) is 0 Å². The van der Waals surface area contributed by atoms with Crippen molar-refractivity contribution >= 4 is 34.4 Å². The third-order valence-electron chi connectivity index (χ3n) is 3.36. The van der Waals surface area contributed by atoms with Gasteiger partial charge in [0.1, 0.15) is 5.82 Å². The number of nitrogens with zero attached hydrogens (tertiary/aromatic N) is 2. The Kier molecular flexibility index (Phi) is 5.17. The summed E-state index contributed by atoms with van der Waals surface area (Å²) in [6.45, 7) is 6.58. The molecule has 2 rings (SSSR count). The standard InChI is InChI=1S/C15H21ClN2S/c1-4-19-8-7-12(3)18-14-9-11(2)5-6-13(14)17-15(18)10-16/h5-6,9,12H,4,7-8,10H2,1-3H3. The summed E-state index contributed by atoms with van der Waals surface area (Å²) in [4.78, 5) is 4.65. The molecule has 0 spiro atoms. The molecule has 0 amide bonds. The molecule has 104 valence electrons. The van der Waals surface area contributed by atoms with Gasteiger partial charge in [0.25, 0.3) is 0 Å². The van der Waals surface area contributed by atoms with E-state index in [0.717, 1.165) is 17.8 Å². The Hall–Kier alpha value is -0.670. The molecule has 0 aliphatic heterocycles. The highest BCUT2D eigenvalue weighted by atomic mass is 35.5. The lowest BCUT2D eigenvalue weighted by Crippen LogP contribution is -2.09. The molecule has 2 aromatic rings. The van der Waals surface area contributed by atoms with E-state index in [4.69, 9.17) is 11.6 Å². The molecule has 0 aliphatic carbocycles. The van der Waals surface area contributed by atoms with E-state index >= 15 is 0 Å². The van der Waals surface area contributed by atoms with Crippen molar-refractivity contribution in [2.45, 2.75) is 39.1 Å². The minimum atomic E-state index is 0.444. The van der Waals surface area contributed by atoms with Gasteiger partial charge in [0.05, 0.1) is 16.9 Å². The van der Waals surface area contributed by atoms with Gasteiger partial charge in [-0.05, 0) is 49.5 Å². The SMILES string of the molecule is CCSCCC(C)n1c(CCl)nc2ccc(C)cc21. The molecule has 0 aliphatic rings. The lowest BCUT2D eigenvalue weighted by Gasteiger charge is -2.17. The zero-order valence-corrected chi connectivity index (χ0v) is 13.4. The minimum absolute atomic E-state index is 0.444. The highest BCUT2D eigenvalue weighted by molar-refractivity contribution is 7.99. The summed E-state index contributed by atoms with van der Waals surface area (Å²) >= 11 is 8.05. The van der Waals surface area contributed by atoms with Gasteiger partial charge in [-0.25, -0.2) is 4.98 Å². The Morgan fingerprint density at radius 1 is 1.42 bits per heavy atom. The quantitative estimate of drug-likeness (QED) is 0.563. The van der Waals surface area contributed by atoms with E-state index in [2.05, 4.69) is 48.5 Å². The molecular weight excluding hydrogens is 276 g/mol. The predicted octanol–water partition coefficient (Wildman–Crippen LogP) is 4.79. The third kappa shape index (κ3) is 3.26. The van der Waals surface area contributed by atoms with E-state index in [-0.39, 0.29) is 0 Å². The summed E-state index contributed by atoms with van der Waals surface area (Å²) in [5.41, 5.74) is 3.53. The van der Waals surface area contributed by atoms with Crippen LogP contribution in [-0.4, -0.2) is 21.1 Å². The van der Waals surface area contributed by atoms with Crippen LogP contribution in [0.2, 0.25) is 0 Å². The molecule has 0 bridgehead atoms. The van der Waals surface area contributed by atoms with E-state index in [1.165, 1.54) is 22.6 Å². The lowest BCUT2D eigenvalue weighted by atomic mass is 10.2. The summed E-state index contributed by atoms with van der Waals surface area (Å²) in [6, 6.07) is 6.85. The number of halogens is 1. The van der Waals surface area contributed by atoms with E-state index in [9.17, 15) is 0 Å². The fourth-order valence-corrected chi connectivity index (χ4v) is 3.35. The number of fused-ring (bicyclic) bond motifs is 1. The van der Waals surface area contributed by atoms with Crippen LogP contribution in [0.4, 0.5) is 0 Å². The second-order valence-corrected chi connectivity index (χ2v) is 6.52. The van der Waals surface area contributed by atoms with Crippen LogP contribution in [0.5, 0.6) is 0 Å². The topological polar surface area (TPSA) is 17.8 Å². The molecule has 1 unspecified atom stereocenters. The molecule has 0 saturated heterocycles. The third-order valence-corrected chi connectivity index (χ3v) is 4.53. The monoisotopic (exact) mass is 296 g/mol. The van der Waals surface area contributed by atoms with Crippen LogP contribution in [-0.2, 0) is 5.88 Å². The van der Waals surface area contributed by atoms with Crippen molar-refractivity contribution in [3.63, 3.8) is 0 Å². The molecule has 0 saturated carbocycles. The maximum atomic E-state index is 6.06. The van der Waals surface area contributed by atoms with Gasteiger partial charge in [0.15, 0.2) is 0 Å². The lowest BCUT2D eigenvalue weighted by molar-refractivity contribution is 0.534. The summed E-state index contributed by atoms with van der Waals surface area (Å²) < 4.78 is 2.31. The maximum Gasteiger partial charge on any atom is 0.125 e. The van der Waals surface area contributed by atoms with Crippen molar-refractivity contribution in [3.05, 3.63) is 29.6 Å². The molecule has 4 heteroatoms. The number of aromatic nitrogens is 2. The van der Waals surface area contributed by atoms with Gasteiger partial charge in [-0.2, -0.15) is 11.8 Å². The van der Waals surface area contributed by atoms with Gasteiger partial charge < -0.3 is 4.57 Å². The van der Waals surface area contributed by atoms with Crippen LogP contribution in [0.3, 0.4) is 0 Å². The van der Waals surface area contributed by atoms with E-state index < -0.39 is 0 Å². The zero-order chi connectivity index (χ0) is 13.8. The van der Waals surface area contributed by atoms with E-state index in [0.29, 0.717) is 11.9 Å². The largest absolute Gasteiger partial charge is 0.324 e. The molecule has 19 heavy (non-hydrogen) atoms. The first kappa shape index (κ1) is 14.7. The van der Waals surface area contributed by atoms with Crippen molar-refractivity contribution in [2.75, 3.05) is 11.5 Å². The van der Waals surface area contributed by atoms with Crippen molar-refractivity contribution in [1.82, 2.24) is 9.55 Å². The summed E-state index contributed by atoms with van der Waals surface area (Å²) in [7, 11) is 0. The molecule has 1 aromatic carbocycles. The Labute approximate surface area is 124 Å². The Morgan fingerprint density at radius 3 is 2.89 bits per heavy atom. The van der Waals surface area contributed by atoms with Crippen molar-refractivity contribution in [2.24, 2.45) is 0 Å². The number of alkyl halides is 1. The molecular formula is C15H21ClN2S.